The van der Waals surface area contributed by atoms with Crippen molar-refractivity contribution in [3.63, 3.8) is 0 Å². The van der Waals surface area contributed by atoms with E-state index in [1.165, 1.54) is 87.6 Å². The van der Waals surface area contributed by atoms with Crippen LogP contribution in [0.25, 0.3) is 66.4 Å². The summed E-state index contributed by atoms with van der Waals surface area (Å²) in [5, 5.41) is 14.3. The average Bonchev–Trinajstić information content (AvgIpc) is 3.84. The summed E-state index contributed by atoms with van der Waals surface area (Å²) in [5.41, 5.74) is 11.4. The normalized spacial score (nSPS) is 12.9. The fourth-order valence-corrected chi connectivity index (χ4v) is 13.2. The summed E-state index contributed by atoms with van der Waals surface area (Å²) >= 11 is 0. The maximum Gasteiger partial charge on any atom is 4.00 e. The molecule has 50 heavy (non-hydrogen) atoms. The summed E-state index contributed by atoms with van der Waals surface area (Å²) in [7, 11) is -2.25. The third-order valence-electron chi connectivity index (χ3n) is 11.0. The van der Waals surface area contributed by atoms with Gasteiger partial charge in [0.2, 0.25) is 0 Å². The Morgan fingerprint density at radius 2 is 0.880 bits per heavy atom. The van der Waals surface area contributed by atoms with Gasteiger partial charge < -0.3 is 24.8 Å². The van der Waals surface area contributed by atoms with Crippen LogP contribution in [0.4, 0.5) is 0 Å². The number of halogens is 2. The summed E-state index contributed by atoms with van der Waals surface area (Å²) in [6, 6.07) is 50.3. The number of hydrogen-bond donors (Lipinski definition) is 0. The zero-order chi connectivity index (χ0) is 31.3. The molecule has 2 aliphatic carbocycles. The van der Waals surface area contributed by atoms with Gasteiger partial charge in [0.25, 0.3) is 0 Å². The molecule has 8 aromatic carbocycles. The second-order valence-electron chi connectivity index (χ2n) is 14.1. The molecule has 0 aliphatic heterocycles. The van der Waals surface area contributed by atoms with Crippen LogP contribution in [-0.2, 0) is 39.0 Å². The second kappa shape index (κ2) is 13.1. The fourth-order valence-electron chi connectivity index (χ4n) is 9.20. The average molecular weight is 777 g/mol. The van der Waals surface area contributed by atoms with Gasteiger partial charge in [0.1, 0.15) is 0 Å². The quantitative estimate of drug-likeness (QED) is 0.169. The van der Waals surface area contributed by atoms with Crippen LogP contribution >= 0.6 is 0 Å². The van der Waals surface area contributed by atoms with Crippen LogP contribution < -0.4 is 35.2 Å². The molecule has 4 heteroatoms. The van der Waals surface area contributed by atoms with Crippen molar-refractivity contribution in [1.82, 2.24) is 0 Å². The van der Waals surface area contributed by atoms with E-state index in [1.54, 1.807) is 10.4 Å². The minimum Gasteiger partial charge on any atom is -1.00 e. The van der Waals surface area contributed by atoms with Crippen molar-refractivity contribution in [3.05, 3.63) is 167 Å². The molecule has 0 radical (unpaired) electrons. The predicted molar refractivity (Wildman–Crippen MR) is 207 cm³/mol. The van der Waals surface area contributed by atoms with Crippen molar-refractivity contribution in [3.8, 4) is 0 Å². The molecule has 0 spiro atoms. The maximum atomic E-state index is 2.61. The van der Waals surface area contributed by atoms with Crippen LogP contribution in [-0.4, -0.2) is 8.07 Å². The third-order valence-corrected chi connectivity index (χ3v) is 14.7. The van der Waals surface area contributed by atoms with Crippen LogP contribution in [0.2, 0.25) is 13.1 Å². The SMILES string of the molecule is C[Si](C)(c1c(CC2=Cc3cccc4cccc2c34)[cH-]c2ccccc12)c1c(CC2=Cc3cccc4cccc2c34)[cH-]c2ccccc12.[Cl-].[Cl-].[Zr+4]. The first-order valence-electron chi connectivity index (χ1n) is 16.9. The van der Waals surface area contributed by atoms with Crippen LogP contribution in [0, 0.1) is 0 Å². The number of rotatable bonds is 6. The van der Waals surface area contributed by atoms with Crippen molar-refractivity contribution in [2.24, 2.45) is 0 Å². The van der Waals surface area contributed by atoms with E-state index in [9.17, 15) is 0 Å². The van der Waals surface area contributed by atoms with Crippen LogP contribution in [0.3, 0.4) is 0 Å². The molecule has 0 heterocycles. The number of fused-ring (bicyclic) bond motifs is 2. The molecule has 0 bridgehead atoms. The molecule has 2 aliphatic rings. The van der Waals surface area contributed by atoms with E-state index in [0.29, 0.717) is 0 Å². The van der Waals surface area contributed by atoms with Gasteiger partial charge in [-0.15, -0.1) is 81.2 Å². The van der Waals surface area contributed by atoms with E-state index in [0.717, 1.165) is 12.8 Å². The zero-order valence-electron chi connectivity index (χ0n) is 28.0. The van der Waals surface area contributed by atoms with Gasteiger partial charge in [0, 0.05) is 8.07 Å². The van der Waals surface area contributed by atoms with Gasteiger partial charge in [-0.1, -0.05) is 110 Å². The number of benzene rings is 6. The molecule has 10 rings (SSSR count). The molecule has 0 fully saturated rings. The minimum absolute atomic E-state index is 0. The second-order valence-corrected chi connectivity index (χ2v) is 18.3. The Balaban J connectivity index is 0.00000131. The van der Waals surface area contributed by atoms with E-state index in [-0.39, 0.29) is 51.0 Å². The van der Waals surface area contributed by atoms with E-state index < -0.39 is 8.07 Å². The Labute approximate surface area is 326 Å². The molecule has 0 nitrogen and oxygen atoms in total. The fraction of sp³-hybridized carbons (Fsp3) is 0.0870. The first-order valence-corrected chi connectivity index (χ1v) is 19.9. The molecule has 0 aromatic heterocycles. The largest absolute Gasteiger partial charge is 4.00 e. The van der Waals surface area contributed by atoms with Gasteiger partial charge in [0.15, 0.2) is 0 Å². The summed E-state index contributed by atoms with van der Waals surface area (Å²) in [5.74, 6) is 0. The molecule has 240 valence electrons. The van der Waals surface area contributed by atoms with Crippen molar-refractivity contribution < 1.29 is 51.0 Å². The van der Waals surface area contributed by atoms with E-state index in [4.69, 9.17) is 0 Å². The van der Waals surface area contributed by atoms with Crippen molar-refractivity contribution in [1.29, 1.82) is 0 Å². The Hall–Kier alpha value is -3.78. The number of hydrogen-bond acceptors (Lipinski definition) is 0. The van der Waals surface area contributed by atoms with Gasteiger partial charge in [-0.25, -0.2) is 0 Å². The molecule has 0 saturated carbocycles. The molecule has 0 saturated heterocycles. The summed E-state index contributed by atoms with van der Waals surface area (Å²) in [6.07, 6.45) is 6.79. The molecule has 0 N–H and O–H groups in total. The van der Waals surface area contributed by atoms with Gasteiger partial charge in [-0.05, 0) is 67.8 Å². The van der Waals surface area contributed by atoms with Gasteiger partial charge in [-0.2, -0.15) is 10.4 Å². The summed E-state index contributed by atoms with van der Waals surface area (Å²) < 4.78 is 0. The maximum absolute atomic E-state index is 2.61. The molecule has 0 atom stereocenters. The first kappa shape index (κ1) is 34.7. The smallest absolute Gasteiger partial charge is 1.00 e. The molecule has 0 amide bonds. The number of allylic oxidation sites excluding steroid dienone is 2. The monoisotopic (exact) mass is 774 g/mol. The van der Waals surface area contributed by atoms with Crippen LogP contribution in [0.5, 0.6) is 0 Å². The van der Waals surface area contributed by atoms with Crippen LogP contribution in [0.15, 0.2) is 133 Å². The minimum atomic E-state index is -2.25. The van der Waals surface area contributed by atoms with Gasteiger partial charge in [-0.3, -0.25) is 0 Å². The Kier molecular flexibility index (Phi) is 9.07. The van der Waals surface area contributed by atoms with Gasteiger partial charge >= 0.3 is 26.2 Å². The van der Waals surface area contributed by atoms with Crippen LogP contribution in [0.1, 0.15) is 33.4 Å². The van der Waals surface area contributed by atoms with E-state index in [1.807, 2.05) is 0 Å². The third kappa shape index (κ3) is 5.18. The molecule has 8 aromatic rings. The topological polar surface area (TPSA) is 0 Å². The Morgan fingerprint density at radius 3 is 1.32 bits per heavy atom. The predicted octanol–water partition coefficient (Wildman–Crippen LogP) is 4.76. The standard InChI is InChI=1S/C46H34Si.2ClH.Zr/c1-47(2,45-37(23-31-11-3-5-19-41(31)45)27-35-25-33-17-7-13-29-15-9-21-39(35)43(29)33)46-38(24-32-12-4-6-20-42(32)46)28-36-26-34-18-8-14-30-16-10-22-40(36)44(30)34;;;/h3-26H,27-28H2,1-2H3;2*1H;/q-2;;;+4/p-2. The summed E-state index contributed by atoms with van der Waals surface area (Å²) in [4.78, 5) is 0. The molecule has 0 unspecified atom stereocenters. The van der Waals surface area contributed by atoms with Crippen molar-refractivity contribution in [2.45, 2.75) is 25.9 Å². The van der Waals surface area contributed by atoms with Crippen molar-refractivity contribution in [2.75, 3.05) is 0 Å². The first-order chi connectivity index (χ1) is 23.0. The van der Waals surface area contributed by atoms with Crippen molar-refractivity contribution >= 4 is 84.8 Å². The molecular weight excluding hydrogens is 743 g/mol. The Bertz CT molecular complexity index is 2470. The zero-order valence-corrected chi connectivity index (χ0v) is 33.0. The molecular formula is C46H34Cl2SiZr. The summed E-state index contributed by atoms with van der Waals surface area (Å²) in [6.45, 7) is 5.22. The van der Waals surface area contributed by atoms with Gasteiger partial charge in [0.05, 0.1) is 0 Å². The van der Waals surface area contributed by atoms with E-state index in [2.05, 4.69) is 159 Å². The van der Waals surface area contributed by atoms with E-state index >= 15 is 0 Å². The Morgan fingerprint density at radius 1 is 0.480 bits per heavy atom.